The fourth-order valence-electron chi connectivity index (χ4n) is 1.78. The lowest BCUT2D eigenvalue weighted by atomic mass is 10.1. The number of carbonyl (C=O) groups is 1. The van der Waals surface area contributed by atoms with Gasteiger partial charge in [0.05, 0.1) is 0 Å². The summed E-state index contributed by atoms with van der Waals surface area (Å²) in [6.07, 6.45) is 1.20. The molecule has 1 heterocycles. The van der Waals surface area contributed by atoms with Crippen LogP contribution in [0.4, 0.5) is 4.39 Å². The standard InChI is InChI=1S/C13H10FIN2O3/c1-16-6-9(12(19)17(2)13(16)20)11(18)8-4-3-7(14)5-10(8)15/h3-6H,1-2H3. The van der Waals surface area contributed by atoms with E-state index in [0.717, 1.165) is 15.2 Å². The Morgan fingerprint density at radius 2 is 1.85 bits per heavy atom. The van der Waals surface area contributed by atoms with Crippen LogP contribution in [0.2, 0.25) is 0 Å². The third kappa shape index (κ3) is 2.45. The molecule has 0 radical (unpaired) electrons. The molecule has 0 saturated heterocycles. The number of benzene rings is 1. The molecule has 7 heteroatoms. The topological polar surface area (TPSA) is 61.1 Å². The molecule has 0 aliphatic carbocycles. The van der Waals surface area contributed by atoms with Crippen LogP contribution < -0.4 is 11.2 Å². The van der Waals surface area contributed by atoms with Gasteiger partial charge in [0.25, 0.3) is 5.56 Å². The predicted molar refractivity (Wildman–Crippen MR) is 79.5 cm³/mol. The minimum Gasteiger partial charge on any atom is -0.303 e. The number of carbonyl (C=O) groups excluding carboxylic acids is 1. The molecule has 20 heavy (non-hydrogen) atoms. The SMILES string of the molecule is Cn1cc(C(=O)c2ccc(F)cc2I)c(=O)n(C)c1=O. The number of rotatable bonds is 2. The van der Waals surface area contributed by atoms with E-state index in [1.165, 1.54) is 32.4 Å². The third-order valence-corrected chi connectivity index (χ3v) is 3.76. The molecule has 2 aromatic rings. The van der Waals surface area contributed by atoms with Crippen molar-refractivity contribution in [1.82, 2.24) is 9.13 Å². The van der Waals surface area contributed by atoms with Crippen molar-refractivity contribution in [2.24, 2.45) is 14.1 Å². The predicted octanol–water partition coefficient (Wildman–Crippen LogP) is 1.06. The molecule has 0 aliphatic rings. The molecule has 0 fully saturated rings. The van der Waals surface area contributed by atoms with Gasteiger partial charge in [0.15, 0.2) is 0 Å². The summed E-state index contributed by atoms with van der Waals surface area (Å²) in [5.41, 5.74) is -1.08. The summed E-state index contributed by atoms with van der Waals surface area (Å²) >= 11 is 1.83. The Morgan fingerprint density at radius 3 is 2.45 bits per heavy atom. The lowest BCUT2D eigenvalue weighted by Crippen LogP contribution is -2.39. The van der Waals surface area contributed by atoms with Crippen LogP contribution in [0.3, 0.4) is 0 Å². The number of aromatic nitrogens is 2. The third-order valence-electron chi connectivity index (χ3n) is 2.87. The molecule has 5 nitrogen and oxygen atoms in total. The molecule has 1 aromatic carbocycles. The summed E-state index contributed by atoms with van der Waals surface area (Å²) in [4.78, 5) is 35.9. The number of halogens is 2. The van der Waals surface area contributed by atoms with Gasteiger partial charge in [-0.2, -0.15) is 0 Å². The molecule has 2 rings (SSSR count). The Morgan fingerprint density at radius 1 is 1.20 bits per heavy atom. The lowest BCUT2D eigenvalue weighted by molar-refractivity contribution is 0.103. The van der Waals surface area contributed by atoms with E-state index in [1.807, 2.05) is 22.6 Å². The highest BCUT2D eigenvalue weighted by Gasteiger charge is 2.18. The smallest absolute Gasteiger partial charge is 0.303 e. The van der Waals surface area contributed by atoms with Crippen molar-refractivity contribution in [2.45, 2.75) is 0 Å². The van der Waals surface area contributed by atoms with Crippen molar-refractivity contribution in [3.05, 3.63) is 65.7 Å². The van der Waals surface area contributed by atoms with Gasteiger partial charge < -0.3 is 4.57 Å². The second-order valence-corrected chi connectivity index (χ2v) is 5.42. The van der Waals surface area contributed by atoms with Crippen molar-refractivity contribution >= 4 is 28.4 Å². The van der Waals surface area contributed by atoms with Gasteiger partial charge in [-0.1, -0.05) is 0 Å². The summed E-state index contributed by atoms with van der Waals surface area (Å²) in [6.45, 7) is 0. The highest BCUT2D eigenvalue weighted by atomic mass is 127. The summed E-state index contributed by atoms with van der Waals surface area (Å²) < 4.78 is 15.5. The van der Waals surface area contributed by atoms with Gasteiger partial charge in [0.2, 0.25) is 5.78 Å². The summed E-state index contributed by atoms with van der Waals surface area (Å²) in [6, 6.07) is 3.69. The van der Waals surface area contributed by atoms with Crippen LogP contribution in [-0.4, -0.2) is 14.9 Å². The van der Waals surface area contributed by atoms with E-state index in [-0.39, 0.29) is 11.1 Å². The molecular formula is C13H10FIN2O3. The normalized spacial score (nSPS) is 10.6. The Kier molecular flexibility index (Phi) is 3.89. The van der Waals surface area contributed by atoms with Crippen molar-refractivity contribution < 1.29 is 9.18 Å². The number of aryl methyl sites for hydroxylation is 1. The molecule has 0 amide bonds. The first-order valence-corrected chi connectivity index (χ1v) is 6.67. The highest BCUT2D eigenvalue weighted by Crippen LogP contribution is 2.16. The minimum atomic E-state index is -0.668. The van der Waals surface area contributed by atoms with Crippen LogP contribution in [0.5, 0.6) is 0 Å². The van der Waals surface area contributed by atoms with E-state index in [0.29, 0.717) is 3.57 Å². The zero-order valence-electron chi connectivity index (χ0n) is 10.7. The quantitative estimate of drug-likeness (QED) is 0.571. The average molecular weight is 388 g/mol. The molecule has 0 N–H and O–H groups in total. The maximum absolute atomic E-state index is 13.0. The summed E-state index contributed by atoms with van der Waals surface area (Å²) in [5, 5.41) is 0. The number of hydrogen-bond acceptors (Lipinski definition) is 3. The molecule has 1 aromatic heterocycles. The fourth-order valence-corrected chi connectivity index (χ4v) is 2.50. The van der Waals surface area contributed by atoms with Crippen molar-refractivity contribution in [1.29, 1.82) is 0 Å². The van der Waals surface area contributed by atoms with Gasteiger partial charge in [-0.05, 0) is 40.8 Å². The van der Waals surface area contributed by atoms with Gasteiger partial charge >= 0.3 is 5.69 Å². The summed E-state index contributed by atoms with van der Waals surface area (Å²) in [7, 11) is 2.76. The largest absolute Gasteiger partial charge is 0.330 e. The van der Waals surface area contributed by atoms with E-state index < -0.39 is 22.8 Å². The van der Waals surface area contributed by atoms with E-state index in [2.05, 4.69) is 0 Å². The number of hydrogen-bond donors (Lipinski definition) is 0. The summed E-state index contributed by atoms with van der Waals surface area (Å²) in [5.74, 6) is -0.995. The van der Waals surface area contributed by atoms with E-state index >= 15 is 0 Å². The molecule has 0 bridgehead atoms. The van der Waals surface area contributed by atoms with E-state index in [4.69, 9.17) is 0 Å². The molecule has 0 unspecified atom stereocenters. The highest BCUT2D eigenvalue weighted by molar-refractivity contribution is 14.1. The van der Waals surface area contributed by atoms with Crippen LogP contribution >= 0.6 is 22.6 Å². The van der Waals surface area contributed by atoms with Gasteiger partial charge in [-0.25, -0.2) is 9.18 Å². The van der Waals surface area contributed by atoms with E-state index in [1.54, 1.807) is 0 Å². The van der Waals surface area contributed by atoms with Crippen molar-refractivity contribution in [2.75, 3.05) is 0 Å². The molecule has 0 saturated carbocycles. The minimum absolute atomic E-state index is 0.126. The molecule has 0 atom stereocenters. The Hall–Kier alpha value is -1.77. The molecule has 0 spiro atoms. The lowest BCUT2D eigenvalue weighted by Gasteiger charge is -2.07. The van der Waals surface area contributed by atoms with Crippen LogP contribution in [-0.2, 0) is 14.1 Å². The van der Waals surface area contributed by atoms with Gasteiger partial charge in [-0.3, -0.25) is 14.2 Å². The van der Waals surface area contributed by atoms with Crippen LogP contribution in [0.25, 0.3) is 0 Å². The monoisotopic (exact) mass is 388 g/mol. The fraction of sp³-hybridized carbons (Fsp3) is 0.154. The number of nitrogens with zero attached hydrogens (tertiary/aromatic N) is 2. The average Bonchev–Trinajstić information content (AvgIpc) is 2.40. The first-order valence-electron chi connectivity index (χ1n) is 5.59. The zero-order chi connectivity index (χ0) is 15.0. The van der Waals surface area contributed by atoms with Crippen molar-refractivity contribution in [3.8, 4) is 0 Å². The maximum Gasteiger partial charge on any atom is 0.330 e. The van der Waals surface area contributed by atoms with Crippen LogP contribution in [0, 0.1) is 9.39 Å². The second kappa shape index (κ2) is 5.31. The maximum atomic E-state index is 13.0. The van der Waals surface area contributed by atoms with Gasteiger partial charge in [0, 0.05) is 29.4 Å². The number of ketones is 1. The second-order valence-electron chi connectivity index (χ2n) is 4.25. The Labute approximate surface area is 126 Å². The Bertz CT molecular complexity index is 823. The first-order chi connectivity index (χ1) is 9.32. The Balaban J connectivity index is 2.66. The molecule has 0 aliphatic heterocycles. The van der Waals surface area contributed by atoms with Crippen molar-refractivity contribution in [3.63, 3.8) is 0 Å². The van der Waals surface area contributed by atoms with Crippen LogP contribution in [0.15, 0.2) is 34.0 Å². The first kappa shape index (κ1) is 14.6. The van der Waals surface area contributed by atoms with Gasteiger partial charge in [-0.15, -0.1) is 0 Å². The van der Waals surface area contributed by atoms with Gasteiger partial charge in [0.1, 0.15) is 11.4 Å². The van der Waals surface area contributed by atoms with Crippen LogP contribution in [0.1, 0.15) is 15.9 Å². The zero-order valence-corrected chi connectivity index (χ0v) is 12.8. The molecule has 104 valence electrons. The van der Waals surface area contributed by atoms with E-state index in [9.17, 15) is 18.8 Å². The molecular weight excluding hydrogens is 378 g/mol.